The van der Waals surface area contributed by atoms with Gasteiger partial charge in [0.05, 0.1) is 24.8 Å². The second-order valence-electron chi connectivity index (χ2n) is 6.79. The van der Waals surface area contributed by atoms with Gasteiger partial charge < -0.3 is 21.4 Å². The summed E-state index contributed by atoms with van der Waals surface area (Å²) < 4.78 is 12.3. The first-order valence-corrected chi connectivity index (χ1v) is 9.25. The Bertz CT molecular complexity index is 874. The predicted octanol–water partition coefficient (Wildman–Crippen LogP) is 0.757. The predicted molar refractivity (Wildman–Crippen MR) is 113 cm³/mol. The molecule has 2 heterocycles. The highest BCUT2D eigenvalue weighted by Crippen LogP contribution is 2.23. The Balaban J connectivity index is 1.83. The normalized spacial score (nSPS) is 15.8. The van der Waals surface area contributed by atoms with Crippen LogP contribution in [-0.2, 0) is 0 Å². The van der Waals surface area contributed by atoms with Gasteiger partial charge in [-0.25, -0.2) is 20.2 Å². The number of nitrogens with zero attached hydrogens (tertiary/aromatic N) is 6. The summed E-state index contributed by atoms with van der Waals surface area (Å²) in [5.41, 5.74) is 8.84. The summed E-state index contributed by atoms with van der Waals surface area (Å²) in [7, 11) is 2.13. The Morgan fingerprint density at radius 3 is 2.55 bits per heavy atom. The molecule has 29 heavy (non-hydrogen) atoms. The topological polar surface area (TPSA) is 126 Å². The average Bonchev–Trinajstić information content (AvgIpc) is 2.75. The van der Waals surface area contributed by atoms with E-state index < -0.39 is 0 Å². The van der Waals surface area contributed by atoms with E-state index in [1.807, 2.05) is 12.1 Å². The highest BCUT2D eigenvalue weighted by Gasteiger charge is 2.18. The zero-order chi connectivity index (χ0) is 20.8. The van der Waals surface area contributed by atoms with Crippen LogP contribution in [0.1, 0.15) is 5.69 Å². The number of hydrazine groups is 1. The van der Waals surface area contributed by atoms with Gasteiger partial charge in [-0.2, -0.15) is 5.10 Å². The van der Waals surface area contributed by atoms with Gasteiger partial charge in [-0.3, -0.25) is 5.01 Å². The zero-order valence-electron chi connectivity index (χ0n) is 16.4. The molecule has 2 aromatic rings. The van der Waals surface area contributed by atoms with Crippen LogP contribution >= 0.6 is 0 Å². The minimum Gasteiger partial charge on any atom is -0.382 e. The molecule has 0 spiro atoms. The van der Waals surface area contributed by atoms with Crippen molar-refractivity contribution in [2.24, 2.45) is 16.8 Å². The van der Waals surface area contributed by atoms with Crippen LogP contribution in [0.3, 0.4) is 0 Å². The van der Waals surface area contributed by atoms with E-state index in [-0.39, 0.29) is 23.9 Å². The second kappa shape index (κ2) is 9.30. The van der Waals surface area contributed by atoms with E-state index in [0.29, 0.717) is 12.0 Å². The van der Waals surface area contributed by atoms with Crippen LogP contribution < -0.4 is 22.3 Å². The van der Waals surface area contributed by atoms with Crippen molar-refractivity contribution in [2.45, 2.75) is 0 Å². The number of rotatable bonds is 5. The van der Waals surface area contributed by atoms with Crippen LogP contribution in [0.5, 0.6) is 0 Å². The van der Waals surface area contributed by atoms with E-state index in [1.54, 1.807) is 6.20 Å². The zero-order valence-corrected chi connectivity index (χ0v) is 16.4. The van der Waals surface area contributed by atoms with Gasteiger partial charge in [-0.15, -0.1) is 0 Å². The number of piperazine rings is 1. The fourth-order valence-electron chi connectivity index (χ4n) is 3.12. The maximum atomic E-state index is 12.3. The third kappa shape index (κ3) is 4.79. The van der Waals surface area contributed by atoms with Crippen LogP contribution in [0.2, 0.25) is 0 Å². The lowest BCUT2D eigenvalue weighted by Gasteiger charge is -2.34. The number of nitrogens with two attached hydrogens (primary N) is 3. The fourth-order valence-corrected chi connectivity index (χ4v) is 3.12. The van der Waals surface area contributed by atoms with Gasteiger partial charge in [-0.05, 0) is 25.3 Å². The Morgan fingerprint density at radius 1 is 1.24 bits per heavy atom. The molecule has 1 saturated heterocycles. The molecule has 10 heteroatoms. The minimum atomic E-state index is 0.0532. The molecular formula is C19H26FN9. The van der Waals surface area contributed by atoms with E-state index in [9.17, 15) is 4.39 Å². The minimum absolute atomic E-state index is 0.0532. The molecule has 0 aliphatic carbocycles. The summed E-state index contributed by atoms with van der Waals surface area (Å²) in [6.07, 6.45) is 3.19. The van der Waals surface area contributed by atoms with E-state index in [4.69, 9.17) is 17.4 Å². The molecule has 0 unspecified atom stereocenters. The lowest BCUT2D eigenvalue weighted by molar-refractivity contribution is 0.313. The van der Waals surface area contributed by atoms with Gasteiger partial charge in [0.25, 0.3) is 0 Å². The largest absolute Gasteiger partial charge is 0.382 e. The Morgan fingerprint density at radius 2 is 1.93 bits per heavy atom. The number of anilines is 2. The van der Waals surface area contributed by atoms with Crippen LogP contribution in [0.4, 0.5) is 15.9 Å². The first kappa shape index (κ1) is 20.5. The lowest BCUT2D eigenvalue weighted by Crippen LogP contribution is -2.44. The molecule has 0 saturated carbocycles. The van der Waals surface area contributed by atoms with Gasteiger partial charge in [0.1, 0.15) is 0 Å². The van der Waals surface area contributed by atoms with Crippen LogP contribution in [-0.4, -0.2) is 65.5 Å². The molecule has 9 nitrogen and oxygen atoms in total. The van der Waals surface area contributed by atoms with Crippen molar-refractivity contribution < 1.29 is 4.39 Å². The Labute approximate surface area is 169 Å². The molecule has 0 bridgehead atoms. The number of hydrogen-bond donors (Lipinski definition) is 3. The number of benzene rings is 1. The third-order valence-electron chi connectivity index (χ3n) is 4.83. The summed E-state index contributed by atoms with van der Waals surface area (Å²) >= 11 is 0. The molecule has 1 aromatic heterocycles. The number of aromatic nitrogens is 2. The van der Waals surface area contributed by atoms with Crippen molar-refractivity contribution in [2.75, 3.05) is 50.4 Å². The van der Waals surface area contributed by atoms with Crippen LogP contribution in [0.25, 0.3) is 11.3 Å². The number of likely N-dealkylation sites (N-methyl/N-ethyl adjacent to an activating group) is 1. The van der Waals surface area contributed by atoms with E-state index in [2.05, 4.69) is 44.0 Å². The molecule has 0 radical (unpaired) electrons. The first-order chi connectivity index (χ1) is 14.0. The molecule has 0 amide bonds. The van der Waals surface area contributed by atoms with Gasteiger partial charge >= 0.3 is 0 Å². The summed E-state index contributed by atoms with van der Waals surface area (Å²) in [4.78, 5) is 13.4. The highest BCUT2D eigenvalue weighted by atomic mass is 19.1. The quantitative estimate of drug-likeness (QED) is 0.291. The monoisotopic (exact) mass is 399 g/mol. The Hall–Kier alpha value is -3.24. The molecule has 1 aromatic carbocycles. The van der Waals surface area contributed by atoms with Crippen molar-refractivity contribution in [3.63, 3.8) is 0 Å². The summed E-state index contributed by atoms with van der Waals surface area (Å²) in [6, 6.07) is 8.11. The molecule has 6 N–H and O–H groups in total. The molecular weight excluding hydrogens is 373 g/mol. The van der Waals surface area contributed by atoms with E-state index in [1.165, 1.54) is 11.8 Å². The number of amidine groups is 1. The van der Waals surface area contributed by atoms with Crippen molar-refractivity contribution in [1.29, 1.82) is 0 Å². The number of nitrogen functional groups attached to an aromatic ring is 1. The number of hydrazone groups is 1. The fraction of sp³-hybridized carbons (Fsp3) is 0.316. The highest BCUT2D eigenvalue weighted by molar-refractivity contribution is 6.00. The van der Waals surface area contributed by atoms with Crippen LogP contribution in [0.15, 0.2) is 48.0 Å². The van der Waals surface area contributed by atoms with E-state index >= 15 is 0 Å². The maximum absolute atomic E-state index is 12.3. The van der Waals surface area contributed by atoms with E-state index in [0.717, 1.165) is 36.8 Å². The van der Waals surface area contributed by atoms with Gasteiger partial charge in [0.2, 0.25) is 0 Å². The number of halogens is 1. The Kier molecular flexibility index (Phi) is 6.57. The van der Waals surface area contributed by atoms with Crippen molar-refractivity contribution in [3.05, 3.63) is 48.6 Å². The van der Waals surface area contributed by atoms with Gasteiger partial charge in [-0.1, -0.05) is 12.1 Å². The summed E-state index contributed by atoms with van der Waals surface area (Å²) in [5.74, 6) is 11.6. The second-order valence-corrected chi connectivity index (χ2v) is 6.79. The standard InChI is InChI=1S/C19H26FN9/c1-27-9-11-28(12-10-27)15-5-3-14(4-6-15)16-13-24-18(21)17(25-16)19(26-22)29(23)8-2-7-20/h2-7,13H,8-12,22-23H2,1H3,(H2,21,24)/b7-2+,26-19-. The van der Waals surface area contributed by atoms with Crippen molar-refractivity contribution >= 4 is 17.3 Å². The van der Waals surface area contributed by atoms with Crippen molar-refractivity contribution in [1.82, 2.24) is 19.9 Å². The van der Waals surface area contributed by atoms with Gasteiger partial charge in [0.15, 0.2) is 17.3 Å². The first-order valence-electron chi connectivity index (χ1n) is 9.25. The SMILES string of the molecule is CN1CCN(c2ccc(-c3cnc(N)c(/C(=N/N)N(N)C/C=C/F)n3)cc2)CC1. The smallest absolute Gasteiger partial charge is 0.192 e. The number of hydrogen-bond acceptors (Lipinski definition) is 8. The molecule has 3 rings (SSSR count). The molecule has 154 valence electrons. The molecule has 1 fully saturated rings. The van der Waals surface area contributed by atoms with Crippen molar-refractivity contribution in [3.8, 4) is 11.3 Å². The maximum Gasteiger partial charge on any atom is 0.192 e. The third-order valence-corrected chi connectivity index (χ3v) is 4.83. The lowest BCUT2D eigenvalue weighted by atomic mass is 10.1. The summed E-state index contributed by atoms with van der Waals surface area (Å²) in [5, 5.41) is 4.81. The molecule has 0 atom stereocenters. The molecule has 1 aliphatic heterocycles. The summed E-state index contributed by atoms with van der Waals surface area (Å²) in [6.45, 7) is 4.14. The van der Waals surface area contributed by atoms with Crippen LogP contribution in [0, 0.1) is 0 Å². The average molecular weight is 399 g/mol. The molecule has 1 aliphatic rings. The van der Waals surface area contributed by atoms with Gasteiger partial charge in [0, 0.05) is 37.4 Å².